The Morgan fingerprint density at radius 3 is 2.27 bits per heavy atom. The Labute approximate surface area is 128 Å². The standard InChI is InChI=1S/C17H18F3NO/c1-11(2)13-5-4-6-14(9-13)15-7-8-16(21-10-15)22-12(3)17(18,19)20/h4-12H,1-3H3. The van der Waals surface area contributed by atoms with E-state index in [1.54, 1.807) is 6.07 Å². The van der Waals surface area contributed by atoms with Gasteiger partial charge in [-0.3, -0.25) is 0 Å². The summed E-state index contributed by atoms with van der Waals surface area (Å²) in [4.78, 5) is 3.96. The molecule has 1 heterocycles. The smallest absolute Gasteiger partial charge is 0.425 e. The molecule has 1 unspecified atom stereocenters. The van der Waals surface area contributed by atoms with Crippen LogP contribution in [0.5, 0.6) is 5.88 Å². The van der Waals surface area contributed by atoms with Crippen LogP contribution >= 0.6 is 0 Å². The van der Waals surface area contributed by atoms with Gasteiger partial charge in [0, 0.05) is 17.8 Å². The zero-order valence-corrected chi connectivity index (χ0v) is 12.7. The van der Waals surface area contributed by atoms with E-state index in [2.05, 4.69) is 24.9 Å². The van der Waals surface area contributed by atoms with E-state index in [1.807, 2.05) is 18.2 Å². The van der Waals surface area contributed by atoms with Crippen molar-refractivity contribution >= 4 is 0 Å². The summed E-state index contributed by atoms with van der Waals surface area (Å²) < 4.78 is 42.1. The molecule has 1 aromatic heterocycles. The molecule has 0 aliphatic rings. The number of rotatable bonds is 4. The third-order valence-corrected chi connectivity index (χ3v) is 3.38. The molecule has 0 bridgehead atoms. The zero-order valence-electron chi connectivity index (χ0n) is 12.7. The maximum atomic E-state index is 12.4. The van der Waals surface area contributed by atoms with E-state index in [9.17, 15) is 13.2 Å². The van der Waals surface area contributed by atoms with E-state index >= 15 is 0 Å². The van der Waals surface area contributed by atoms with Crippen LogP contribution in [0.4, 0.5) is 13.2 Å². The molecule has 0 amide bonds. The van der Waals surface area contributed by atoms with Crippen LogP contribution in [0, 0.1) is 0 Å². The summed E-state index contributed by atoms with van der Waals surface area (Å²) in [5, 5.41) is 0. The summed E-state index contributed by atoms with van der Waals surface area (Å²) in [6, 6.07) is 11.2. The Hall–Kier alpha value is -2.04. The summed E-state index contributed by atoms with van der Waals surface area (Å²) in [5.74, 6) is 0.372. The van der Waals surface area contributed by atoms with E-state index in [4.69, 9.17) is 4.74 Å². The van der Waals surface area contributed by atoms with Crippen LogP contribution in [0.25, 0.3) is 11.1 Å². The third kappa shape index (κ3) is 4.00. The summed E-state index contributed by atoms with van der Waals surface area (Å²) in [6.07, 6.45) is -4.75. The van der Waals surface area contributed by atoms with Crippen LogP contribution in [0.15, 0.2) is 42.6 Å². The second-order valence-electron chi connectivity index (χ2n) is 5.47. The van der Waals surface area contributed by atoms with Gasteiger partial charge in [0.2, 0.25) is 5.88 Å². The number of pyridine rings is 1. The van der Waals surface area contributed by atoms with Gasteiger partial charge in [-0.05, 0) is 30.0 Å². The molecule has 0 radical (unpaired) electrons. The molecule has 0 fully saturated rings. The van der Waals surface area contributed by atoms with Crippen molar-refractivity contribution in [2.24, 2.45) is 0 Å². The van der Waals surface area contributed by atoms with Gasteiger partial charge in [-0.2, -0.15) is 13.2 Å². The lowest BCUT2D eigenvalue weighted by atomic mass is 9.98. The van der Waals surface area contributed by atoms with E-state index in [0.29, 0.717) is 5.92 Å². The van der Waals surface area contributed by atoms with Crippen molar-refractivity contribution in [3.8, 4) is 17.0 Å². The highest BCUT2D eigenvalue weighted by molar-refractivity contribution is 5.63. The monoisotopic (exact) mass is 309 g/mol. The minimum Gasteiger partial charge on any atom is -0.465 e. The Balaban J connectivity index is 2.17. The van der Waals surface area contributed by atoms with Gasteiger partial charge < -0.3 is 4.74 Å². The van der Waals surface area contributed by atoms with Crippen LogP contribution in [0.2, 0.25) is 0 Å². The van der Waals surface area contributed by atoms with Crippen molar-refractivity contribution in [3.63, 3.8) is 0 Å². The van der Waals surface area contributed by atoms with Crippen LogP contribution in [0.1, 0.15) is 32.3 Å². The van der Waals surface area contributed by atoms with E-state index < -0.39 is 12.3 Å². The number of ether oxygens (including phenoxy) is 1. The number of hydrogen-bond donors (Lipinski definition) is 0. The normalized spacial score (nSPS) is 13.2. The minimum absolute atomic E-state index is 0.0337. The molecule has 22 heavy (non-hydrogen) atoms. The molecule has 2 nitrogen and oxygen atoms in total. The SMILES string of the molecule is CC(C)c1cccc(-c2ccc(OC(C)C(F)(F)F)nc2)c1. The summed E-state index contributed by atoms with van der Waals surface area (Å²) in [5.41, 5.74) is 3.02. The average Bonchev–Trinajstić information content (AvgIpc) is 2.47. The van der Waals surface area contributed by atoms with Gasteiger partial charge in [0.25, 0.3) is 0 Å². The first-order valence-electron chi connectivity index (χ1n) is 7.07. The van der Waals surface area contributed by atoms with Gasteiger partial charge in [-0.15, -0.1) is 0 Å². The lowest BCUT2D eigenvalue weighted by Gasteiger charge is -2.17. The van der Waals surface area contributed by atoms with Gasteiger partial charge in [0.05, 0.1) is 0 Å². The molecule has 0 saturated heterocycles. The first kappa shape index (κ1) is 16.3. The van der Waals surface area contributed by atoms with Crippen LogP contribution in [-0.2, 0) is 0 Å². The Kier molecular flexibility index (Phi) is 4.74. The predicted octanol–water partition coefficient (Wildman–Crippen LogP) is 5.20. The maximum absolute atomic E-state index is 12.4. The molecule has 0 saturated carbocycles. The number of hydrogen-bond acceptors (Lipinski definition) is 2. The Bertz CT molecular complexity index is 621. The molecule has 5 heteroatoms. The first-order valence-corrected chi connectivity index (χ1v) is 7.07. The van der Waals surface area contributed by atoms with Gasteiger partial charge >= 0.3 is 6.18 Å². The predicted molar refractivity (Wildman–Crippen MR) is 79.9 cm³/mol. The van der Waals surface area contributed by atoms with Crippen molar-refractivity contribution in [2.45, 2.75) is 39.0 Å². The Morgan fingerprint density at radius 2 is 1.73 bits per heavy atom. The number of aromatic nitrogens is 1. The molecule has 118 valence electrons. The summed E-state index contributed by atoms with van der Waals surface area (Å²) in [7, 11) is 0. The van der Waals surface area contributed by atoms with Gasteiger partial charge in [-0.25, -0.2) is 4.98 Å². The Morgan fingerprint density at radius 1 is 1.00 bits per heavy atom. The fraction of sp³-hybridized carbons (Fsp3) is 0.353. The van der Waals surface area contributed by atoms with Gasteiger partial charge in [0.1, 0.15) is 0 Å². The average molecular weight is 309 g/mol. The topological polar surface area (TPSA) is 22.1 Å². The molecule has 2 rings (SSSR count). The fourth-order valence-electron chi connectivity index (χ4n) is 1.95. The second kappa shape index (κ2) is 6.38. The number of halogens is 3. The molecule has 1 aromatic carbocycles. The highest BCUT2D eigenvalue weighted by Gasteiger charge is 2.38. The lowest BCUT2D eigenvalue weighted by molar-refractivity contribution is -0.189. The van der Waals surface area contributed by atoms with Gasteiger partial charge in [-0.1, -0.05) is 38.1 Å². The van der Waals surface area contributed by atoms with Crippen molar-refractivity contribution in [1.82, 2.24) is 4.98 Å². The third-order valence-electron chi connectivity index (χ3n) is 3.38. The number of alkyl halides is 3. The van der Waals surface area contributed by atoms with Crippen molar-refractivity contribution in [3.05, 3.63) is 48.2 Å². The van der Waals surface area contributed by atoms with Crippen LogP contribution < -0.4 is 4.74 Å². The quantitative estimate of drug-likeness (QED) is 0.774. The molecule has 0 spiro atoms. The number of benzene rings is 1. The molecule has 1 atom stereocenters. The van der Waals surface area contributed by atoms with Crippen molar-refractivity contribution in [1.29, 1.82) is 0 Å². The van der Waals surface area contributed by atoms with E-state index in [-0.39, 0.29) is 5.88 Å². The van der Waals surface area contributed by atoms with Crippen molar-refractivity contribution < 1.29 is 17.9 Å². The first-order chi connectivity index (χ1) is 10.3. The highest BCUT2D eigenvalue weighted by Crippen LogP contribution is 2.27. The molecule has 0 N–H and O–H groups in total. The maximum Gasteiger partial charge on any atom is 0.425 e. The molecule has 0 aliphatic heterocycles. The van der Waals surface area contributed by atoms with Crippen LogP contribution in [-0.4, -0.2) is 17.3 Å². The van der Waals surface area contributed by atoms with Crippen molar-refractivity contribution in [2.75, 3.05) is 0 Å². The minimum atomic E-state index is -4.40. The zero-order chi connectivity index (χ0) is 16.3. The highest BCUT2D eigenvalue weighted by atomic mass is 19.4. The van der Waals surface area contributed by atoms with Gasteiger partial charge in [0.15, 0.2) is 6.10 Å². The van der Waals surface area contributed by atoms with Crippen LogP contribution in [0.3, 0.4) is 0 Å². The second-order valence-corrected chi connectivity index (χ2v) is 5.47. The summed E-state index contributed by atoms with van der Waals surface area (Å²) >= 11 is 0. The fourth-order valence-corrected chi connectivity index (χ4v) is 1.95. The molecular weight excluding hydrogens is 291 g/mol. The van der Waals surface area contributed by atoms with E-state index in [0.717, 1.165) is 18.1 Å². The largest absolute Gasteiger partial charge is 0.465 e. The molecule has 2 aromatic rings. The lowest BCUT2D eigenvalue weighted by Crippen LogP contribution is -2.31. The summed E-state index contributed by atoms with van der Waals surface area (Å²) in [6.45, 7) is 5.17. The van der Waals surface area contributed by atoms with E-state index in [1.165, 1.54) is 17.8 Å². The number of nitrogens with zero attached hydrogens (tertiary/aromatic N) is 1. The molecule has 0 aliphatic carbocycles. The molecular formula is C17H18F3NO.